The zero-order valence-electron chi connectivity index (χ0n) is 11.6. The second-order valence-corrected chi connectivity index (χ2v) is 5.33. The second kappa shape index (κ2) is 6.85. The maximum absolute atomic E-state index is 11.7. The van der Waals surface area contributed by atoms with Crippen LogP contribution in [-0.4, -0.2) is 30.6 Å². The van der Waals surface area contributed by atoms with Gasteiger partial charge in [-0.15, -0.1) is 11.3 Å². The van der Waals surface area contributed by atoms with E-state index in [0.717, 1.165) is 5.01 Å². The summed E-state index contributed by atoms with van der Waals surface area (Å²) in [4.78, 5) is 27.7. The largest absolute Gasteiger partial charge is 0.497 e. The van der Waals surface area contributed by atoms with Gasteiger partial charge >= 0.3 is 5.97 Å². The fraction of sp³-hybridized carbons (Fsp3) is 0.214. The molecule has 1 aromatic carbocycles. The summed E-state index contributed by atoms with van der Waals surface area (Å²) in [6, 6.07) is 6.85. The molecule has 110 valence electrons. The first-order valence-electron chi connectivity index (χ1n) is 6.12. The summed E-state index contributed by atoms with van der Waals surface area (Å²) >= 11 is 1.22. The fourth-order valence-electron chi connectivity index (χ4n) is 1.53. The van der Waals surface area contributed by atoms with E-state index in [1.807, 2.05) is 0 Å². The van der Waals surface area contributed by atoms with Crippen molar-refractivity contribution in [2.24, 2.45) is 0 Å². The molecule has 2 rings (SSSR count). The van der Waals surface area contributed by atoms with Crippen LogP contribution in [0.5, 0.6) is 5.75 Å². The molecule has 1 amide bonds. The SMILES string of the molecule is COc1ccc(NC(=O)COC(=O)c2cnc(C)s2)cc1. The highest BCUT2D eigenvalue weighted by Gasteiger charge is 2.12. The Balaban J connectivity index is 1.82. The third-order valence-corrected chi connectivity index (χ3v) is 3.42. The van der Waals surface area contributed by atoms with Gasteiger partial charge in [-0.05, 0) is 31.2 Å². The number of carbonyl (C=O) groups excluding carboxylic acids is 2. The van der Waals surface area contributed by atoms with Gasteiger partial charge in [0.15, 0.2) is 6.61 Å². The van der Waals surface area contributed by atoms with E-state index in [4.69, 9.17) is 9.47 Å². The van der Waals surface area contributed by atoms with Gasteiger partial charge in [0, 0.05) is 5.69 Å². The number of thiazole rings is 1. The summed E-state index contributed by atoms with van der Waals surface area (Å²) in [7, 11) is 1.56. The first-order chi connectivity index (χ1) is 10.1. The van der Waals surface area contributed by atoms with Crippen molar-refractivity contribution in [2.45, 2.75) is 6.92 Å². The van der Waals surface area contributed by atoms with E-state index >= 15 is 0 Å². The lowest BCUT2D eigenvalue weighted by atomic mass is 10.3. The Morgan fingerprint density at radius 1 is 1.29 bits per heavy atom. The first kappa shape index (κ1) is 15.0. The summed E-state index contributed by atoms with van der Waals surface area (Å²) in [5.41, 5.74) is 0.602. The fourth-order valence-corrected chi connectivity index (χ4v) is 2.20. The number of ether oxygens (including phenoxy) is 2. The molecule has 0 aliphatic rings. The molecule has 0 spiro atoms. The van der Waals surface area contributed by atoms with Crippen molar-refractivity contribution in [1.82, 2.24) is 4.98 Å². The van der Waals surface area contributed by atoms with Crippen LogP contribution in [0.25, 0.3) is 0 Å². The third kappa shape index (κ3) is 4.28. The van der Waals surface area contributed by atoms with Gasteiger partial charge in [-0.1, -0.05) is 0 Å². The van der Waals surface area contributed by atoms with Gasteiger partial charge in [0.2, 0.25) is 0 Å². The number of rotatable bonds is 5. The lowest BCUT2D eigenvalue weighted by Crippen LogP contribution is -2.20. The summed E-state index contributed by atoms with van der Waals surface area (Å²) in [5, 5.41) is 3.39. The van der Waals surface area contributed by atoms with Gasteiger partial charge in [-0.25, -0.2) is 9.78 Å². The second-order valence-electron chi connectivity index (χ2n) is 4.10. The van der Waals surface area contributed by atoms with Crippen LogP contribution in [-0.2, 0) is 9.53 Å². The van der Waals surface area contributed by atoms with Crippen molar-refractivity contribution >= 4 is 28.9 Å². The lowest BCUT2D eigenvalue weighted by molar-refractivity contribution is -0.119. The number of benzene rings is 1. The summed E-state index contributed by atoms with van der Waals surface area (Å²) in [5.74, 6) is -0.264. The van der Waals surface area contributed by atoms with Gasteiger partial charge in [0.25, 0.3) is 5.91 Å². The normalized spacial score (nSPS) is 10.0. The molecule has 0 saturated carbocycles. The van der Waals surface area contributed by atoms with Gasteiger partial charge in [-0.3, -0.25) is 4.79 Å². The van der Waals surface area contributed by atoms with E-state index in [9.17, 15) is 9.59 Å². The molecule has 0 fully saturated rings. The Bertz CT molecular complexity index is 637. The number of hydrogen-bond donors (Lipinski definition) is 1. The van der Waals surface area contributed by atoms with Crippen molar-refractivity contribution in [3.05, 3.63) is 40.3 Å². The van der Waals surface area contributed by atoms with E-state index in [-0.39, 0.29) is 6.61 Å². The molecule has 0 radical (unpaired) electrons. The Morgan fingerprint density at radius 3 is 2.57 bits per heavy atom. The molecule has 0 atom stereocenters. The van der Waals surface area contributed by atoms with E-state index in [1.54, 1.807) is 38.3 Å². The molecule has 0 bridgehead atoms. The molecular weight excluding hydrogens is 292 g/mol. The minimum absolute atomic E-state index is 0.345. The van der Waals surface area contributed by atoms with Crippen LogP contribution < -0.4 is 10.1 Å². The quantitative estimate of drug-likeness (QED) is 0.857. The smallest absolute Gasteiger partial charge is 0.350 e. The number of methoxy groups -OCH3 is 1. The Kier molecular flexibility index (Phi) is 4.89. The Morgan fingerprint density at radius 2 is 2.00 bits per heavy atom. The zero-order chi connectivity index (χ0) is 15.2. The molecule has 1 aromatic heterocycles. The average molecular weight is 306 g/mol. The van der Waals surface area contributed by atoms with Crippen LogP contribution in [0.1, 0.15) is 14.7 Å². The van der Waals surface area contributed by atoms with Crippen LogP contribution in [0.3, 0.4) is 0 Å². The molecule has 0 aliphatic heterocycles. The topological polar surface area (TPSA) is 77.5 Å². The van der Waals surface area contributed by atoms with Gasteiger partial charge in [0.05, 0.1) is 18.3 Å². The molecular formula is C14H14N2O4S. The number of nitrogens with one attached hydrogen (secondary N) is 1. The number of aryl methyl sites for hydroxylation is 1. The highest BCUT2D eigenvalue weighted by molar-refractivity contribution is 7.13. The maximum Gasteiger partial charge on any atom is 0.350 e. The van der Waals surface area contributed by atoms with Crippen molar-refractivity contribution in [3.8, 4) is 5.75 Å². The summed E-state index contributed by atoms with van der Waals surface area (Å²) < 4.78 is 9.93. The van der Waals surface area contributed by atoms with Crippen LogP contribution in [0.15, 0.2) is 30.5 Å². The standard InChI is InChI=1S/C14H14N2O4S/c1-9-15-7-12(21-9)14(18)20-8-13(17)16-10-3-5-11(19-2)6-4-10/h3-7H,8H2,1-2H3,(H,16,17). The van der Waals surface area contributed by atoms with Crippen molar-refractivity contribution in [2.75, 3.05) is 19.0 Å². The van der Waals surface area contributed by atoms with Crippen molar-refractivity contribution < 1.29 is 19.1 Å². The number of nitrogens with zero attached hydrogens (tertiary/aromatic N) is 1. The third-order valence-electron chi connectivity index (χ3n) is 2.53. The van der Waals surface area contributed by atoms with Crippen molar-refractivity contribution in [3.63, 3.8) is 0 Å². The van der Waals surface area contributed by atoms with Gasteiger partial charge in [-0.2, -0.15) is 0 Å². The Labute approximate surface area is 125 Å². The van der Waals surface area contributed by atoms with Crippen LogP contribution in [0.4, 0.5) is 5.69 Å². The van der Waals surface area contributed by atoms with E-state index in [1.165, 1.54) is 17.5 Å². The van der Waals surface area contributed by atoms with Gasteiger partial charge < -0.3 is 14.8 Å². The molecule has 0 unspecified atom stereocenters. The van der Waals surface area contributed by atoms with E-state index < -0.39 is 11.9 Å². The highest BCUT2D eigenvalue weighted by Crippen LogP contribution is 2.15. The Hall–Kier alpha value is -2.41. The monoisotopic (exact) mass is 306 g/mol. The lowest BCUT2D eigenvalue weighted by Gasteiger charge is -2.06. The molecule has 0 aliphatic carbocycles. The minimum Gasteiger partial charge on any atom is -0.497 e. The van der Waals surface area contributed by atoms with E-state index in [2.05, 4.69) is 10.3 Å². The first-order valence-corrected chi connectivity index (χ1v) is 6.93. The molecule has 0 saturated heterocycles. The number of hydrogen-bond acceptors (Lipinski definition) is 6. The molecule has 2 aromatic rings. The van der Waals surface area contributed by atoms with Crippen LogP contribution >= 0.6 is 11.3 Å². The highest BCUT2D eigenvalue weighted by atomic mass is 32.1. The van der Waals surface area contributed by atoms with E-state index in [0.29, 0.717) is 16.3 Å². The van der Waals surface area contributed by atoms with Crippen LogP contribution in [0, 0.1) is 6.92 Å². The zero-order valence-corrected chi connectivity index (χ0v) is 12.4. The van der Waals surface area contributed by atoms with Crippen molar-refractivity contribution in [1.29, 1.82) is 0 Å². The number of carbonyl (C=O) groups is 2. The maximum atomic E-state index is 11.7. The molecule has 1 heterocycles. The number of anilines is 1. The number of aromatic nitrogens is 1. The average Bonchev–Trinajstić information content (AvgIpc) is 2.92. The molecule has 21 heavy (non-hydrogen) atoms. The molecule has 6 nitrogen and oxygen atoms in total. The van der Waals surface area contributed by atoms with Crippen LogP contribution in [0.2, 0.25) is 0 Å². The van der Waals surface area contributed by atoms with Gasteiger partial charge in [0.1, 0.15) is 10.6 Å². The minimum atomic E-state index is -0.550. The summed E-state index contributed by atoms with van der Waals surface area (Å²) in [6.07, 6.45) is 1.43. The molecule has 7 heteroatoms. The predicted octanol–water partition coefficient (Wildman–Crippen LogP) is 2.26. The molecule has 1 N–H and O–H groups in total. The summed E-state index contributed by atoms with van der Waals surface area (Å²) in [6.45, 7) is 1.44. The number of esters is 1. The number of amides is 1. The predicted molar refractivity (Wildman–Crippen MR) is 78.8 cm³/mol.